The zero-order valence-electron chi connectivity index (χ0n) is 11.4. The number of nitrogens with zero attached hydrogens (tertiary/aromatic N) is 1. The fourth-order valence-electron chi connectivity index (χ4n) is 2.49. The highest BCUT2D eigenvalue weighted by atomic mass is 32.2. The van der Waals surface area contributed by atoms with Crippen molar-refractivity contribution in [1.82, 2.24) is 4.90 Å². The summed E-state index contributed by atoms with van der Waals surface area (Å²) in [5.74, 6) is 0.248. The highest BCUT2D eigenvalue weighted by molar-refractivity contribution is 7.91. The van der Waals surface area contributed by atoms with E-state index >= 15 is 0 Å². The molecule has 0 spiro atoms. The summed E-state index contributed by atoms with van der Waals surface area (Å²) in [4.78, 5) is 14.1. The summed E-state index contributed by atoms with van der Waals surface area (Å²) in [6.45, 7) is 6.68. The maximum atomic E-state index is 12.4. The molecule has 1 fully saturated rings. The van der Waals surface area contributed by atoms with Crippen molar-refractivity contribution in [2.45, 2.75) is 33.2 Å². The van der Waals surface area contributed by atoms with Crippen molar-refractivity contribution in [2.75, 3.05) is 24.6 Å². The summed E-state index contributed by atoms with van der Waals surface area (Å²) in [5, 5.41) is 0. The van der Waals surface area contributed by atoms with Crippen molar-refractivity contribution >= 4 is 15.7 Å². The van der Waals surface area contributed by atoms with Crippen molar-refractivity contribution in [2.24, 2.45) is 17.6 Å². The topological polar surface area (TPSA) is 80.5 Å². The predicted octanol–water partition coefficient (Wildman–Crippen LogP) is 0.253. The Morgan fingerprint density at radius 1 is 1.44 bits per heavy atom. The Balaban J connectivity index is 2.81. The second-order valence-electron chi connectivity index (χ2n) is 5.27. The maximum Gasteiger partial charge on any atom is 0.227 e. The van der Waals surface area contributed by atoms with Crippen LogP contribution in [0.2, 0.25) is 0 Å². The van der Waals surface area contributed by atoms with Gasteiger partial charge >= 0.3 is 0 Å². The molecule has 0 aliphatic carbocycles. The number of carbonyl (C=O) groups excluding carboxylic acids is 1. The molecule has 0 aromatic carbocycles. The smallest absolute Gasteiger partial charge is 0.227 e. The zero-order valence-corrected chi connectivity index (χ0v) is 12.2. The van der Waals surface area contributed by atoms with E-state index in [0.717, 1.165) is 0 Å². The van der Waals surface area contributed by atoms with E-state index in [1.54, 1.807) is 4.90 Å². The van der Waals surface area contributed by atoms with Crippen LogP contribution in [0, 0.1) is 11.8 Å². The second-order valence-corrected chi connectivity index (χ2v) is 7.50. The standard InChI is InChI=1S/C12H24N2O3S/c1-4-14(10-5-6-18(16,17)8-10)12(15)11(7-13)9(2)3/h9-11H,4-8,13H2,1-3H3. The molecule has 1 saturated heterocycles. The molecule has 2 atom stereocenters. The Kier molecular flexibility index (Phi) is 5.16. The lowest BCUT2D eigenvalue weighted by Crippen LogP contribution is -2.47. The van der Waals surface area contributed by atoms with Crippen LogP contribution in [0.1, 0.15) is 27.2 Å². The molecule has 1 aliphatic heterocycles. The van der Waals surface area contributed by atoms with E-state index in [1.165, 1.54) is 0 Å². The van der Waals surface area contributed by atoms with Gasteiger partial charge in [-0.05, 0) is 19.3 Å². The summed E-state index contributed by atoms with van der Waals surface area (Å²) in [5.41, 5.74) is 5.65. The lowest BCUT2D eigenvalue weighted by Gasteiger charge is -2.31. The predicted molar refractivity (Wildman–Crippen MR) is 71.8 cm³/mol. The zero-order chi connectivity index (χ0) is 13.9. The quantitative estimate of drug-likeness (QED) is 0.780. The summed E-state index contributed by atoms with van der Waals surface area (Å²) in [6, 6.07) is -0.166. The normalized spacial score (nSPS) is 24.2. The fourth-order valence-corrected chi connectivity index (χ4v) is 4.22. The van der Waals surface area contributed by atoms with Crippen LogP contribution >= 0.6 is 0 Å². The highest BCUT2D eigenvalue weighted by Crippen LogP contribution is 2.21. The van der Waals surface area contributed by atoms with Gasteiger partial charge in [0, 0.05) is 19.1 Å². The Hall–Kier alpha value is -0.620. The van der Waals surface area contributed by atoms with Crippen molar-refractivity contribution in [3.8, 4) is 0 Å². The van der Waals surface area contributed by atoms with Gasteiger partial charge < -0.3 is 10.6 Å². The monoisotopic (exact) mass is 276 g/mol. The van der Waals surface area contributed by atoms with Crippen LogP contribution in [-0.2, 0) is 14.6 Å². The summed E-state index contributed by atoms with van der Waals surface area (Å²) >= 11 is 0. The lowest BCUT2D eigenvalue weighted by molar-refractivity contribution is -0.138. The van der Waals surface area contributed by atoms with Gasteiger partial charge in [-0.1, -0.05) is 13.8 Å². The molecule has 2 N–H and O–H groups in total. The van der Waals surface area contributed by atoms with Crippen LogP contribution in [0.3, 0.4) is 0 Å². The summed E-state index contributed by atoms with van der Waals surface area (Å²) in [6.07, 6.45) is 0.553. The third-order valence-corrected chi connectivity index (χ3v) is 5.40. The molecular weight excluding hydrogens is 252 g/mol. The number of nitrogens with two attached hydrogens (primary N) is 1. The first-order valence-electron chi connectivity index (χ1n) is 6.53. The number of rotatable bonds is 5. The number of amides is 1. The highest BCUT2D eigenvalue weighted by Gasteiger charge is 2.36. The van der Waals surface area contributed by atoms with Gasteiger partial charge in [0.2, 0.25) is 5.91 Å². The van der Waals surface area contributed by atoms with Crippen LogP contribution in [0.25, 0.3) is 0 Å². The van der Waals surface area contributed by atoms with Gasteiger partial charge in [0.05, 0.1) is 17.4 Å². The van der Waals surface area contributed by atoms with Gasteiger partial charge in [0.15, 0.2) is 9.84 Å². The Bertz CT molecular complexity index is 392. The Morgan fingerprint density at radius 2 is 2.06 bits per heavy atom. The summed E-state index contributed by atoms with van der Waals surface area (Å²) < 4.78 is 23.0. The van der Waals surface area contributed by atoms with Gasteiger partial charge in [-0.15, -0.1) is 0 Å². The molecule has 6 heteroatoms. The molecule has 0 aromatic rings. The van der Waals surface area contributed by atoms with E-state index < -0.39 is 9.84 Å². The largest absolute Gasteiger partial charge is 0.339 e. The van der Waals surface area contributed by atoms with Crippen molar-refractivity contribution < 1.29 is 13.2 Å². The van der Waals surface area contributed by atoms with Crippen LogP contribution in [0.15, 0.2) is 0 Å². The maximum absolute atomic E-state index is 12.4. The molecule has 1 rings (SSSR count). The third-order valence-electron chi connectivity index (χ3n) is 3.65. The average molecular weight is 276 g/mol. The van der Waals surface area contributed by atoms with Gasteiger partial charge in [0.1, 0.15) is 0 Å². The van der Waals surface area contributed by atoms with Crippen LogP contribution in [0.4, 0.5) is 0 Å². The van der Waals surface area contributed by atoms with Crippen molar-refractivity contribution in [1.29, 1.82) is 0 Å². The number of carbonyl (C=O) groups is 1. The fraction of sp³-hybridized carbons (Fsp3) is 0.917. The van der Waals surface area contributed by atoms with E-state index in [-0.39, 0.29) is 35.3 Å². The van der Waals surface area contributed by atoms with Crippen molar-refractivity contribution in [3.05, 3.63) is 0 Å². The van der Waals surface area contributed by atoms with E-state index in [9.17, 15) is 13.2 Å². The molecule has 0 radical (unpaired) electrons. The SMILES string of the molecule is CCN(C(=O)C(CN)C(C)C)C1CCS(=O)(=O)C1. The molecule has 0 bridgehead atoms. The minimum absolute atomic E-state index is 0.00269. The first-order valence-corrected chi connectivity index (χ1v) is 8.35. The number of hydrogen-bond donors (Lipinski definition) is 1. The van der Waals surface area contributed by atoms with Crippen LogP contribution in [-0.4, -0.2) is 49.9 Å². The molecule has 0 aromatic heterocycles. The van der Waals surface area contributed by atoms with Gasteiger partial charge in [-0.25, -0.2) is 8.42 Å². The van der Waals surface area contributed by atoms with Gasteiger partial charge in [-0.2, -0.15) is 0 Å². The minimum atomic E-state index is -2.96. The van der Waals surface area contributed by atoms with E-state index in [2.05, 4.69) is 0 Å². The Morgan fingerprint density at radius 3 is 2.39 bits per heavy atom. The minimum Gasteiger partial charge on any atom is -0.339 e. The van der Waals surface area contributed by atoms with E-state index in [1.807, 2.05) is 20.8 Å². The Labute approximate surface area is 110 Å². The van der Waals surface area contributed by atoms with Gasteiger partial charge in [0.25, 0.3) is 0 Å². The van der Waals surface area contributed by atoms with Crippen molar-refractivity contribution in [3.63, 3.8) is 0 Å². The molecule has 1 heterocycles. The number of hydrogen-bond acceptors (Lipinski definition) is 4. The van der Waals surface area contributed by atoms with E-state index in [0.29, 0.717) is 19.5 Å². The molecule has 0 saturated carbocycles. The average Bonchev–Trinajstić information content (AvgIpc) is 2.60. The molecule has 1 aliphatic rings. The molecule has 5 nitrogen and oxygen atoms in total. The van der Waals surface area contributed by atoms with Gasteiger partial charge in [-0.3, -0.25) is 4.79 Å². The molecular formula is C12H24N2O3S. The second kappa shape index (κ2) is 6.02. The molecule has 106 valence electrons. The first-order chi connectivity index (χ1) is 8.32. The summed E-state index contributed by atoms with van der Waals surface area (Å²) in [7, 11) is -2.96. The molecule has 2 unspecified atom stereocenters. The van der Waals surface area contributed by atoms with E-state index in [4.69, 9.17) is 5.73 Å². The van der Waals surface area contributed by atoms with Crippen LogP contribution in [0.5, 0.6) is 0 Å². The molecule has 18 heavy (non-hydrogen) atoms. The number of sulfone groups is 1. The van der Waals surface area contributed by atoms with Crippen LogP contribution < -0.4 is 5.73 Å². The first kappa shape index (κ1) is 15.4. The molecule has 1 amide bonds. The lowest BCUT2D eigenvalue weighted by atomic mass is 9.94. The third kappa shape index (κ3) is 3.45.